The highest BCUT2D eigenvalue weighted by Gasteiger charge is 2.21. The molecule has 2 N–H and O–H groups in total. The number of aryl methyl sites for hydroxylation is 2. The minimum atomic E-state index is 0.0605. The lowest BCUT2D eigenvalue weighted by Crippen LogP contribution is -2.32. The van der Waals surface area contributed by atoms with Crippen molar-refractivity contribution >= 4 is 17.7 Å². The number of amides is 1. The third-order valence-corrected chi connectivity index (χ3v) is 6.10. The van der Waals surface area contributed by atoms with E-state index in [2.05, 4.69) is 51.7 Å². The Bertz CT molecular complexity index is 951. The van der Waals surface area contributed by atoms with Crippen LogP contribution in [0.15, 0.2) is 59.8 Å². The largest absolute Gasteiger partial charge is 0.349 e. The summed E-state index contributed by atoms with van der Waals surface area (Å²) in [6.07, 6.45) is 4.03. The van der Waals surface area contributed by atoms with Crippen LogP contribution in [0.5, 0.6) is 0 Å². The number of hydrogen-bond donors (Lipinski definition) is 2. The van der Waals surface area contributed by atoms with Gasteiger partial charge in [0, 0.05) is 12.1 Å². The number of aromatic nitrogens is 2. The number of hydrogen-bond acceptors (Lipinski definition) is 3. The van der Waals surface area contributed by atoms with Crippen LogP contribution in [-0.2, 0) is 17.6 Å². The first kappa shape index (κ1) is 18.8. The lowest BCUT2D eigenvalue weighted by Gasteiger charge is -2.26. The van der Waals surface area contributed by atoms with Crippen molar-refractivity contribution in [2.45, 2.75) is 43.8 Å². The predicted octanol–water partition coefficient (Wildman–Crippen LogP) is 4.59. The molecule has 2 aromatic carbocycles. The zero-order valence-electron chi connectivity index (χ0n) is 16.1. The van der Waals surface area contributed by atoms with E-state index in [1.165, 1.54) is 28.5 Å². The van der Waals surface area contributed by atoms with Crippen LogP contribution in [0.3, 0.4) is 0 Å². The summed E-state index contributed by atoms with van der Waals surface area (Å²) in [5.74, 6) is 0.432. The summed E-state index contributed by atoms with van der Waals surface area (Å²) in [6.45, 7) is 2.04. The molecule has 1 aliphatic rings. The fourth-order valence-electron chi connectivity index (χ4n) is 3.77. The Labute approximate surface area is 170 Å². The number of carbonyl (C=O) groups excluding carboxylic acids is 1. The lowest BCUT2D eigenvalue weighted by atomic mass is 9.88. The van der Waals surface area contributed by atoms with Crippen LogP contribution in [0.1, 0.15) is 47.0 Å². The average Bonchev–Trinajstić information content (AvgIpc) is 3.07. The van der Waals surface area contributed by atoms with Crippen LogP contribution in [-0.4, -0.2) is 21.6 Å². The molecule has 1 aromatic heterocycles. The van der Waals surface area contributed by atoms with Crippen molar-refractivity contribution in [1.29, 1.82) is 0 Å². The van der Waals surface area contributed by atoms with Crippen molar-refractivity contribution < 1.29 is 4.79 Å². The zero-order chi connectivity index (χ0) is 19.3. The number of thioether (sulfide) groups is 1. The number of H-pyrrole nitrogens is 1. The van der Waals surface area contributed by atoms with Gasteiger partial charge in [-0.2, -0.15) is 0 Å². The second kappa shape index (κ2) is 8.65. The summed E-state index contributed by atoms with van der Waals surface area (Å²) in [6, 6.07) is 18.9. The molecule has 5 heteroatoms. The Morgan fingerprint density at radius 3 is 2.82 bits per heavy atom. The van der Waals surface area contributed by atoms with Crippen molar-refractivity contribution in [3.8, 4) is 0 Å². The second-order valence-corrected chi connectivity index (χ2v) is 8.24. The molecule has 0 aliphatic heterocycles. The highest BCUT2D eigenvalue weighted by atomic mass is 32.2. The molecule has 1 heterocycles. The molecule has 4 nitrogen and oxygen atoms in total. The quantitative estimate of drug-likeness (QED) is 0.604. The minimum Gasteiger partial charge on any atom is -0.349 e. The van der Waals surface area contributed by atoms with E-state index in [4.69, 9.17) is 0 Å². The van der Waals surface area contributed by atoms with Gasteiger partial charge in [0.25, 0.3) is 0 Å². The van der Waals surface area contributed by atoms with Crippen LogP contribution in [0.2, 0.25) is 0 Å². The maximum Gasteiger partial charge on any atom is 0.230 e. The van der Waals surface area contributed by atoms with Crippen LogP contribution >= 0.6 is 11.8 Å². The van der Waals surface area contributed by atoms with Crippen molar-refractivity contribution in [2.75, 3.05) is 5.75 Å². The SMILES string of the molecule is Cc1[nH]c(SCC(=O)NC2CCCc3ccccc32)nc1Cc1ccccc1. The fraction of sp³-hybridized carbons (Fsp3) is 0.304. The number of imidazole rings is 1. The van der Waals surface area contributed by atoms with Gasteiger partial charge in [0.1, 0.15) is 0 Å². The average molecular weight is 392 g/mol. The van der Waals surface area contributed by atoms with E-state index in [0.29, 0.717) is 5.75 Å². The van der Waals surface area contributed by atoms with E-state index in [9.17, 15) is 4.79 Å². The normalized spacial score (nSPS) is 15.8. The van der Waals surface area contributed by atoms with Gasteiger partial charge in [0.2, 0.25) is 5.91 Å². The molecule has 1 atom stereocenters. The van der Waals surface area contributed by atoms with Gasteiger partial charge in [0.15, 0.2) is 5.16 Å². The van der Waals surface area contributed by atoms with Crippen LogP contribution in [0.4, 0.5) is 0 Å². The van der Waals surface area contributed by atoms with Gasteiger partial charge in [-0.15, -0.1) is 0 Å². The predicted molar refractivity (Wildman–Crippen MR) is 114 cm³/mol. The van der Waals surface area contributed by atoms with Crippen molar-refractivity contribution in [1.82, 2.24) is 15.3 Å². The van der Waals surface area contributed by atoms with Gasteiger partial charge >= 0.3 is 0 Å². The number of nitrogens with zero attached hydrogens (tertiary/aromatic N) is 1. The maximum absolute atomic E-state index is 12.5. The van der Waals surface area contributed by atoms with Crippen LogP contribution < -0.4 is 5.32 Å². The van der Waals surface area contributed by atoms with Crippen LogP contribution in [0, 0.1) is 6.92 Å². The summed E-state index contributed by atoms with van der Waals surface area (Å²) in [5.41, 5.74) is 5.97. The maximum atomic E-state index is 12.5. The van der Waals surface area contributed by atoms with Crippen molar-refractivity contribution in [3.63, 3.8) is 0 Å². The molecule has 0 fully saturated rings. The molecule has 1 aliphatic carbocycles. The van der Waals surface area contributed by atoms with E-state index >= 15 is 0 Å². The van der Waals surface area contributed by atoms with Crippen molar-refractivity contribution in [2.24, 2.45) is 0 Å². The number of fused-ring (bicyclic) bond motifs is 1. The Balaban J connectivity index is 1.34. The fourth-order valence-corrected chi connectivity index (χ4v) is 4.52. The van der Waals surface area contributed by atoms with E-state index in [0.717, 1.165) is 42.2 Å². The number of rotatable bonds is 6. The van der Waals surface area contributed by atoms with Gasteiger partial charge < -0.3 is 10.3 Å². The summed E-state index contributed by atoms with van der Waals surface area (Å²) < 4.78 is 0. The topological polar surface area (TPSA) is 57.8 Å². The van der Waals surface area contributed by atoms with Gasteiger partial charge in [-0.1, -0.05) is 66.4 Å². The molecular formula is C23H25N3OS. The number of aromatic amines is 1. The molecule has 1 amide bonds. The smallest absolute Gasteiger partial charge is 0.230 e. The van der Waals surface area contributed by atoms with E-state index in [1.54, 1.807) is 0 Å². The molecule has 4 rings (SSSR count). The Kier molecular flexibility index (Phi) is 5.81. The Hall–Kier alpha value is -2.53. The molecular weight excluding hydrogens is 366 g/mol. The third kappa shape index (κ3) is 4.47. The van der Waals surface area contributed by atoms with Gasteiger partial charge in [-0.25, -0.2) is 4.98 Å². The molecule has 3 aromatic rings. The highest BCUT2D eigenvalue weighted by Crippen LogP contribution is 2.29. The lowest BCUT2D eigenvalue weighted by molar-refractivity contribution is -0.119. The minimum absolute atomic E-state index is 0.0605. The van der Waals surface area contributed by atoms with Gasteiger partial charge in [-0.05, 0) is 42.9 Å². The summed E-state index contributed by atoms with van der Waals surface area (Å²) in [4.78, 5) is 20.5. The third-order valence-electron chi connectivity index (χ3n) is 5.22. The number of nitrogens with one attached hydrogen (secondary N) is 2. The number of benzene rings is 2. The first-order valence-corrected chi connectivity index (χ1v) is 10.8. The zero-order valence-corrected chi connectivity index (χ0v) is 16.9. The molecule has 0 spiro atoms. The second-order valence-electron chi connectivity index (χ2n) is 7.28. The molecule has 0 saturated heterocycles. The Morgan fingerprint density at radius 2 is 1.96 bits per heavy atom. The monoisotopic (exact) mass is 391 g/mol. The summed E-state index contributed by atoms with van der Waals surface area (Å²) in [5, 5.41) is 4.01. The Morgan fingerprint density at radius 1 is 1.18 bits per heavy atom. The van der Waals surface area contributed by atoms with Crippen molar-refractivity contribution in [3.05, 3.63) is 82.7 Å². The first-order valence-electron chi connectivity index (χ1n) is 9.78. The molecule has 0 saturated carbocycles. The molecule has 0 bridgehead atoms. The molecule has 1 unspecified atom stereocenters. The van der Waals surface area contributed by atoms with E-state index < -0.39 is 0 Å². The van der Waals surface area contributed by atoms with Crippen LogP contribution in [0.25, 0.3) is 0 Å². The summed E-state index contributed by atoms with van der Waals surface area (Å²) in [7, 11) is 0. The molecule has 28 heavy (non-hydrogen) atoms. The highest BCUT2D eigenvalue weighted by molar-refractivity contribution is 7.99. The number of carbonyl (C=O) groups is 1. The standard InChI is InChI=1S/C23H25N3OS/c1-16-21(14-17-8-3-2-4-9-17)26-23(24-16)28-15-22(27)25-20-13-7-11-18-10-5-6-12-19(18)20/h2-6,8-10,12,20H,7,11,13-15H2,1H3,(H,24,26)(H,25,27). The van der Waals surface area contributed by atoms with Gasteiger partial charge in [0.05, 0.1) is 17.5 Å². The van der Waals surface area contributed by atoms with Gasteiger partial charge in [-0.3, -0.25) is 4.79 Å². The van der Waals surface area contributed by atoms with E-state index in [-0.39, 0.29) is 11.9 Å². The molecule has 0 radical (unpaired) electrons. The summed E-state index contributed by atoms with van der Waals surface area (Å²) >= 11 is 1.47. The van der Waals surface area contributed by atoms with E-state index in [1.807, 2.05) is 25.1 Å². The molecule has 144 valence electrons. The first-order chi connectivity index (χ1) is 13.7.